The summed E-state index contributed by atoms with van der Waals surface area (Å²) in [5, 5.41) is 3.31. The molecule has 1 aromatic heterocycles. The second-order valence-electron chi connectivity index (χ2n) is 4.41. The Labute approximate surface area is 124 Å². The molecular weight excluding hydrogens is 270 g/mol. The van der Waals surface area contributed by atoms with E-state index in [4.69, 9.17) is 14.2 Å². The van der Waals surface area contributed by atoms with Crippen molar-refractivity contribution in [3.8, 4) is 17.5 Å². The van der Waals surface area contributed by atoms with Gasteiger partial charge in [-0.15, -0.1) is 0 Å². The number of anilines is 1. The monoisotopic (exact) mass is 289 g/mol. The first-order valence-electron chi connectivity index (χ1n) is 6.50. The molecule has 0 atom stereocenters. The molecule has 0 fully saturated rings. The van der Waals surface area contributed by atoms with Crippen LogP contribution in [-0.2, 0) is 6.54 Å². The van der Waals surface area contributed by atoms with E-state index in [2.05, 4.69) is 15.3 Å². The van der Waals surface area contributed by atoms with Gasteiger partial charge in [0.15, 0.2) is 0 Å². The average Bonchev–Trinajstić information content (AvgIpc) is 2.52. The lowest BCUT2D eigenvalue weighted by molar-refractivity contribution is 0.363. The van der Waals surface area contributed by atoms with Crippen LogP contribution >= 0.6 is 0 Å². The molecule has 0 saturated heterocycles. The summed E-state index contributed by atoms with van der Waals surface area (Å²) in [6.45, 7) is 2.50. The van der Waals surface area contributed by atoms with Crippen LogP contribution < -0.4 is 19.5 Å². The fraction of sp³-hybridized carbons (Fsp3) is 0.333. The Hall–Kier alpha value is -2.50. The molecule has 0 radical (unpaired) electrons. The van der Waals surface area contributed by atoms with E-state index in [0.717, 1.165) is 22.6 Å². The highest BCUT2D eigenvalue weighted by molar-refractivity contribution is 5.52. The molecule has 0 unspecified atom stereocenters. The number of aromatic nitrogens is 2. The van der Waals surface area contributed by atoms with Crippen LogP contribution in [0.25, 0.3) is 0 Å². The van der Waals surface area contributed by atoms with Crippen LogP contribution in [0.5, 0.6) is 17.5 Å². The van der Waals surface area contributed by atoms with Crippen LogP contribution in [0.15, 0.2) is 24.5 Å². The van der Waals surface area contributed by atoms with E-state index in [1.54, 1.807) is 21.3 Å². The molecule has 112 valence electrons. The summed E-state index contributed by atoms with van der Waals surface area (Å²) in [7, 11) is 4.80. The predicted molar refractivity (Wildman–Crippen MR) is 80.2 cm³/mol. The first kappa shape index (κ1) is 14.9. The molecule has 21 heavy (non-hydrogen) atoms. The van der Waals surface area contributed by atoms with Crippen molar-refractivity contribution in [1.29, 1.82) is 0 Å². The molecule has 2 aromatic rings. The van der Waals surface area contributed by atoms with E-state index in [1.807, 2.05) is 25.1 Å². The third kappa shape index (κ3) is 3.34. The molecule has 0 spiro atoms. The van der Waals surface area contributed by atoms with Crippen molar-refractivity contribution < 1.29 is 14.2 Å². The lowest BCUT2D eigenvalue weighted by Gasteiger charge is -2.13. The zero-order chi connectivity index (χ0) is 15.2. The highest BCUT2D eigenvalue weighted by atomic mass is 16.5. The summed E-state index contributed by atoms with van der Waals surface area (Å²) >= 11 is 0. The Morgan fingerprint density at radius 1 is 1.00 bits per heavy atom. The molecule has 2 rings (SSSR count). The van der Waals surface area contributed by atoms with Gasteiger partial charge in [-0.2, -0.15) is 0 Å². The quantitative estimate of drug-likeness (QED) is 0.881. The molecule has 0 aliphatic heterocycles. The smallest absolute Gasteiger partial charge is 0.225 e. The highest BCUT2D eigenvalue weighted by Gasteiger charge is 2.12. The predicted octanol–water partition coefficient (Wildman–Crippen LogP) is 2.42. The van der Waals surface area contributed by atoms with Crippen LogP contribution in [0, 0.1) is 6.92 Å². The van der Waals surface area contributed by atoms with Gasteiger partial charge in [-0.25, -0.2) is 9.97 Å². The molecule has 1 heterocycles. The third-order valence-corrected chi connectivity index (χ3v) is 3.12. The Kier molecular flexibility index (Phi) is 4.81. The number of benzene rings is 1. The summed E-state index contributed by atoms with van der Waals surface area (Å²) in [6, 6.07) is 5.89. The number of hydrogen-bond donors (Lipinski definition) is 1. The topological polar surface area (TPSA) is 65.5 Å². The number of nitrogens with one attached hydrogen (secondary N) is 1. The van der Waals surface area contributed by atoms with E-state index in [1.165, 1.54) is 6.33 Å². The maximum Gasteiger partial charge on any atom is 0.225 e. The normalized spacial score (nSPS) is 10.1. The largest absolute Gasteiger partial charge is 0.496 e. The van der Waals surface area contributed by atoms with Gasteiger partial charge < -0.3 is 19.5 Å². The molecule has 0 aliphatic rings. The number of rotatable bonds is 6. The lowest BCUT2D eigenvalue weighted by Crippen LogP contribution is -2.07. The molecule has 0 saturated carbocycles. The number of methoxy groups -OCH3 is 3. The summed E-state index contributed by atoms with van der Waals surface area (Å²) < 4.78 is 15.7. The zero-order valence-electron chi connectivity index (χ0n) is 12.6. The van der Waals surface area contributed by atoms with E-state index in [0.29, 0.717) is 18.3 Å². The Balaban J connectivity index is 2.18. The second-order valence-corrected chi connectivity index (χ2v) is 4.41. The fourth-order valence-corrected chi connectivity index (χ4v) is 2.06. The average molecular weight is 289 g/mol. The van der Waals surface area contributed by atoms with Crippen molar-refractivity contribution in [3.63, 3.8) is 0 Å². The maximum atomic E-state index is 5.25. The van der Waals surface area contributed by atoms with Gasteiger partial charge in [0.05, 0.1) is 33.4 Å². The van der Waals surface area contributed by atoms with Crippen LogP contribution in [0.3, 0.4) is 0 Å². The van der Waals surface area contributed by atoms with E-state index in [-0.39, 0.29) is 0 Å². The van der Waals surface area contributed by atoms with Crippen molar-refractivity contribution in [2.75, 3.05) is 26.6 Å². The molecule has 6 heteroatoms. The van der Waals surface area contributed by atoms with Gasteiger partial charge in [-0.05, 0) is 30.7 Å². The number of ether oxygens (including phenoxy) is 3. The Morgan fingerprint density at radius 2 is 1.67 bits per heavy atom. The van der Waals surface area contributed by atoms with Gasteiger partial charge >= 0.3 is 0 Å². The molecule has 0 amide bonds. The molecule has 1 N–H and O–H groups in total. The minimum absolute atomic E-state index is 0.499. The first-order chi connectivity index (χ1) is 10.2. The molecule has 6 nitrogen and oxygen atoms in total. The van der Waals surface area contributed by atoms with Gasteiger partial charge in [0.1, 0.15) is 12.1 Å². The number of nitrogens with zero attached hydrogens (tertiary/aromatic N) is 2. The van der Waals surface area contributed by atoms with Gasteiger partial charge in [-0.3, -0.25) is 0 Å². The van der Waals surface area contributed by atoms with E-state index >= 15 is 0 Å². The zero-order valence-corrected chi connectivity index (χ0v) is 12.6. The standard InChI is InChI=1S/C15H19N3O3/c1-10-7-11(5-6-13(10)19-2)16-8-12-14(20-3)17-9-18-15(12)21-4/h5-7,9,16H,8H2,1-4H3. The van der Waals surface area contributed by atoms with Crippen molar-refractivity contribution in [1.82, 2.24) is 9.97 Å². The second kappa shape index (κ2) is 6.78. The molecule has 0 aliphatic carbocycles. The van der Waals surface area contributed by atoms with Gasteiger partial charge in [-0.1, -0.05) is 0 Å². The fourth-order valence-electron chi connectivity index (χ4n) is 2.06. The molecule has 0 bridgehead atoms. The Morgan fingerprint density at radius 3 is 2.19 bits per heavy atom. The van der Waals surface area contributed by atoms with Gasteiger partial charge in [0, 0.05) is 5.69 Å². The first-order valence-corrected chi connectivity index (χ1v) is 6.50. The van der Waals surface area contributed by atoms with Crippen LogP contribution in [0.1, 0.15) is 11.1 Å². The van der Waals surface area contributed by atoms with Crippen LogP contribution in [0.4, 0.5) is 5.69 Å². The SMILES string of the molecule is COc1ccc(NCc2c(OC)ncnc2OC)cc1C. The highest BCUT2D eigenvalue weighted by Crippen LogP contribution is 2.26. The molecular formula is C15H19N3O3. The lowest BCUT2D eigenvalue weighted by atomic mass is 10.2. The van der Waals surface area contributed by atoms with Crippen molar-refractivity contribution in [2.24, 2.45) is 0 Å². The van der Waals surface area contributed by atoms with Crippen LogP contribution in [-0.4, -0.2) is 31.3 Å². The van der Waals surface area contributed by atoms with E-state index < -0.39 is 0 Å². The van der Waals surface area contributed by atoms with Crippen molar-refractivity contribution >= 4 is 5.69 Å². The minimum Gasteiger partial charge on any atom is -0.496 e. The maximum absolute atomic E-state index is 5.25. The summed E-state index contributed by atoms with van der Waals surface area (Å²) in [4.78, 5) is 8.18. The molecule has 1 aromatic carbocycles. The summed E-state index contributed by atoms with van der Waals surface area (Å²) in [6.07, 6.45) is 1.42. The van der Waals surface area contributed by atoms with Crippen molar-refractivity contribution in [3.05, 3.63) is 35.7 Å². The van der Waals surface area contributed by atoms with Gasteiger partial charge in [0.25, 0.3) is 0 Å². The number of aryl methyl sites for hydroxylation is 1. The van der Waals surface area contributed by atoms with Gasteiger partial charge in [0.2, 0.25) is 11.8 Å². The van der Waals surface area contributed by atoms with E-state index in [9.17, 15) is 0 Å². The summed E-state index contributed by atoms with van der Waals surface area (Å²) in [5.74, 6) is 1.86. The van der Waals surface area contributed by atoms with Crippen molar-refractivity contribution in [2.45, 2.75) is 13.5 Å². The van der Waals surface area contributed by atoms with Crippen LogP contribution in [0.2, 0.25) is 0 Å². The summed E-state index contributed by atoms with van der Waals surface area (Å²) in [5.41, 5.74) is 2.81. The number of hydrogen-bond acceptors (Lipinski definition) is 6. The third-order valence-electron chi connectivity index (χ3n) is 3.12. The minimum atomic E-state index is 0.499. The Bertz CT molecular complexity index is 595.